The maximum Gasteiger partial charge on any atom is 0.303 e. The van der Waals surface area contributed by atoms with E-state index in [9.17, 15) is 0 Å². The third-order valence-electron chi connectivity index (χ3n) is 3.63. The van der Waals surface area contributed by atoms with Crippen molar-refractivity contribution in [1.29, 1.82) is 0 Å². The van der Waals surface area contributed by atoms with E-state index < -0.39 is 39.3 Å². The minimum atomic E-state index is -1.38. The van der Waals surface area contributed by atoms with Crippen LogP contribution in [0.1, 0.15) is 71.1 Å². The second-order valence-electron chi connectivity index (χ2n) is 5.50. The Labute approximate surface area is 161 Å². The van der Waals surface area contributed by atoms with Crippen molar-refractivity contribution < 1.29 is 16.5 Å². The molecule has 0 amide bonds. The van der Waals surface area contributed by atoms with Gasteiger partial charge in [0.1, 0.15) is 0 Å². The molecule has 1 rings (SSSR count). The van der Waals surface area contributed by atoms with E-state index in [4.69, 9.17) is 16.5 Å². The summed E-state index contributed by atoms with van der Waals surface area (Å²) >= 11 is 0. The van der Waals surface area contributed by atoms with Crippen LogP contribution in [0.2, 0.25) is 6.04 Å². The van der Waals surface area contributed by atoms with Crippen LogP contribution < -0.4 is 0 Å². The van der Waals surface area contributed by atoms with Gasteiger partial charge < -0.3 is 16.5 Å². The van der Waals surface area contributed by atoms with Crippen LogP contribution in [0.4, 0.5) is 0 Å². The molecule has 0 saturated carbocycles. The molecule has 121 valence electrons. The first-order valence-corrected chi connectivity index (χ1v) is 13.5. The summed E-state index contributed by atoms with van der Waals surface area (Å²) < 4.78 is 22.4. The SMILES string of the molecule is CCCCCCCCCCCC[SiH]1O[SiH2]O[SiH2]O[SiH2]O1.[Na]. The summed E-state index contributed by atoms with van der Waals surface area (Å²) in [6, 6.07) is 1.16. The van der Waals surface area contributed by atoms with E-state index in [1.807, 2.05) is 0 Å². The first-order valence-electron chi connectivity index (χ1n) is 8.32. The van der Waals surface area contributed by atoms with Crippen LogP contribution in [0.5, 0.6) is 0 Å². The van der Waals surface area contributed by atoms with Crippen molar-refractivity contribution in [3.05, 3.63) is 0 Å². The van der Waals surface area contributed by atoms with Crippen molar-refractivity contribution in [2.45, 2.75) is 77.2 Å². The predicted molar refractivity (Wildman–Crippen MR) is 99.5 cm³/mol. The Morgan fingerprint density at radius 1 is 0.667 bits per heavy atom. The van der Waals surface area contributed by atoms with Gasteiger partial charge in [-0.1, -0.05) is 71.1 Å². The normalized spacial score (nSPS) is 23.0. The fraction of sp³-hybridized carbons (Fsp3) is 1.00. The van der Waals surface area contributed by atoms with Gasteiger partial charge in [0, 0.05) is 29.6 Å². The fourth-order valence-corrected chi connectivity index (χ4v) is 11.4. The molecule has 0 bridgehead atoms. The molecule has 0 aromatic rings. The topological polar surface area (TPSA) is 36.9 Å². The van der Waals surface area contributed by atoms with E-state index in [0.29, 0.717) is 0 Å². The molecule has 1 radical (unpaired) electrons. The predicted octanol–water partition coefficient (Wildman–Crippen LogP) is 0.823. The minimum absolute atomic E-state index is 0. The van der Waals surface area contributed by atoms with Crippen molar-refractivity contribution in [2.75, 3.05) is 0 Å². The zero-order chi connectivity index (χ0) is 14.3. The summed E-state index contributed by atoms with van der Waals surface area (Å²) in [4.78, 5) is 0. The largest absolute Gasteiger partial charge is 0.425 e. The smallest absolute Gasteiger partial charge is 0.303 e. The summed E-state index contributed by atoms with van der Waals surface area (Å²) in [5.74, 6) is 0. The van der Waals surface area contributed by atoms with Gasteiger partial charge in [0.2, 0.25) is 0 Å². The Morgan fingerprint density at radius 2 is 1.14 bits per heavy atom. The van der Waals surface area contributed by atoms with Crippen LogP contribution in [-0.2, 0) is 16.5 Å². The maximum absolute atomic E-state index is 5.79. The first-order chi connectivity index (χ1) is 9.93. The molecule has 9 heteroatoms. The Balaban J connectivity index is 0.00000400. The summed E-state index contributed by atoms with van der Waals surface area (Å²) in [6.45, 7) is 2.28. The molecule has 0 atom stereocenters. The number of unbranched alkanes of at least 4 members (excludes halogenated alkanes) is 9. The molecule has 21 heavy (non-hydrogen) atoms. The summed E-state index contributed by atoms with van der Waals surface area (Å²) in [7, 11) is -3.62. The van der Waals surface area contributed by atoms with Gasteiger partial charge in [-0.3, -0.25) is 0 Å². The molecule has 0 aliphatic carbocycles. The van der Waals surface area contributed by atoms with Gasteiger partial charge in [0.15, 0.2) is 0 Å². The molecular weight excluding hydrogens is 343 g/mol. The molecule has 0 aromatic carbocycles. The van der Waals surface area contributed by atoms with Crippen molar-refractivity contribution in [3.8, 4) is 0 Å². The van der Waals surface area contributed by atoms with Gasteiger partial charge in [-0.15, -0.1) is 0 Å². The van der Waals surface area contributed by atoms with E-state index in [-0.39, 0.29) is 29.6 Å². The second-order valence-corrected chi connectivity index (χ2v) is 13.6. The Bertz CT molecular complexity index is 210. The van der Waals surface area contributed by atoms with Gasteiger partial charge in [-0.25, -0.2) is 0 Å². The van der Waals surface area contributed by atoms with Crippen LogP contribution in [0, 0.1) is 0 Å². The van der Waals surface area contributed by atoms with Gasteiger partial charge in [0.05, 0.1) is 0 Å². The molecule has 1 heterocycles. The summed E-state index contributed by atoms with van der Waals surface area (Å²) in [5, 5.41) is 0. The van der Waals surface area contributed by atoms with E-state index in [1.54, 1.807) is 0 Å². The van der Waals surface area contributed by atoms with Crippen molar-refractivity contribution >= 4 is 68.9 Å². The first kappa shape index (κ1) is 22.7. The zero-order valence-electron chi connectivity index (χ0n) is 14.1. The molecule has 1 aliphatic heterocycles. The van der Waals surface area contributed by atoms with Crippen LogP contribution in [-0.4, -0.2) is 68.9 Å². The van der Waals surface area contributed by atoms with Gasteiger partial charge in [-0.2, -0.15) is 0 Å². The molecule has 0 unspecified atom stereocenters. The van der Waals surface area contributed by atoms with Crippen LogP contribution in [0.3, 0.4) is 0 Å². The quantitative estimate of drug-likeness (QED) is 0.396. The number of hydrogen-bond donors (Lipinski definition) is 0. The van der Waals surface area contributed by atoms with E-state index >= 15 is 0 Å². The van der Waals surface area contributed by atoms with E-state index in [2.05, 4.69) is 6.92 Å². The van der Waals surface area contributed by atoms with Crippen LogP contribution in [0.15, 0.2) is 0 Å². The van der Waals surface area contributed by atoms with Crippen molar-refractivity contribution in [2.24, 2.45) is 0 Å². The monoisotopic (exact) mass is 375 g/mol. The average molecular weight is 376 g/mol. The number of rotatable bonds is 11. The maximum atomic E-state index is 5.79. The Morgan fingerprint density at radius 3 is 1.67 bits per heavy atom. The van der Waals surface area contributed by atoms with Crippen LogP contribution in [0.25, 0.3) is 0 Å². The third-order valence-corrected chi connectivity index (χ3v) is 11.2. The second kappa shape index (κ2) is 18.1. The molecule has 1 saturated heterocycles. The molecule has 4 nitrogen and oxygen atoms in total. The molecule has 0 aromatic heterocycles. The average Bonchev–Trinajstić information content (AvgIpc) is 2.42. The van der Waals surface area contributed by atoms with Crippen LogP contribution >= 0.6 is 0 Å². The third kappa shape index (κ3) is 15.0. The van der Waals surface area contributed by atoms with Gasteiger partial charge >= 0.3 is 9.28 Å². The molecule has 0 N–H and O–H groups in total. The van der Waals surface area contributed by atoms with E-state index in [1.165, 1.54) is 64.2 Å². The summed E-state index contributed by atoms with van der Waals surface area (Å²) in [5.41, 5.74) is 0. The van der Waals surface area contributed by atoms with Gasteiger partial charge in [0.25, 0.3) is 30.0 Å². The molecule has 1 fully saturated rings. The van der Waals surface area contributed by atoms with Crippen molar-refractivity contribution in [3.63, 3.8) is 0 Å². The minimum Gasteiger partial charge on any atom is -0.425 e. The molecule has 1 aliphatic rings. The zero-order valence-corrected chi connectivity index (χ0v) is 21.5. The molecule has 0 spiro atoms. The van der Waals surface area contributed by atoms with Crippen molar-refractivity contribution in [1.82, 2.24) is 0 Å². The Kier molecular flexibility index (Phi) is 19.5. The standard InChI is InChI=1S/C12H32O4Si4.Na/c1-2-3-4-5-6-7-8-9-10-11-12-20-15-18-13-17-14-19-16-20;/h20H,2-12,17-19H2,1H3;. The summed E-state index contributed by atoms with van der Waals surface area (Å²) in [6.07, 6.45) is 13.9. The number of hydrogen-bond acceptors (Lipinski definition) is 4. The molecular formula is C12H32NaO4Si4. The Hall–Kier alpha value is 1.71. The fourth-order valence-electron chi connectivity index (χ4n) is 2.39. The van der Waals surface area contributed by atoms with Gasteiger partial charge in [-0.05, 0) is 6.04 Å². The van der Waals surface area contributed by atoms with E-state index in [0.717, 1.165) is 6.04 Å².